The average molecular weight is 305 g/mol. The van der Waals surface area contributed by atoms with Gasteiger partial charge in [-0.1, -0.05) is 6.08 Å². The topological polar surface area (TPSA) is 83.9 Å². The summed E-state index contributed by atoms with van der Waals surface area (Å²) < 4.78 is 30.4. The molecule has 0 bridgehead atoms. The van der Waals surface area contributed by atoms with Crippen LogP contribution in [-0.2, 0) is 14.8 Å². The number of aliphatic hydroxyl groups is 1. The van der Waals surface area contributed by atoms with Crippen molar-refractivity contribution in [2.24, 2.45) is 0 Å². The smallest absolute Gasteiger partial charge is 0.349 e. The second kappa shape index (κ2) is 6.80. The van der Waals surface area contributed by atoms with E-state index in [1.54, 1.807) is 0 Å². The fraction of sp³-hybridized carbons (Fsp3) is 0.364. The van der Waals surface area contributed by atoms with E-state index in [2.05, 4.69) is 11.3 Å². The number of thiophene rings is 1. The fourth-order valence-electron chi connectivity index (χ4n) is 1.45. The second-order valence-electron chi connectivity index (χ2n) is 3.48. The number of sulfonamides is 1. The minimum absolute atomic E-state index is 0.0227. The summed E-state index contributed by atoms with van der Waals surface area (Å²) in [6.07, 6.45) is 1.41. The van der Waals surface area contributed by atoms with Crippen molar-refractivity contribution in [1.29, 1.82) is 0 Å². The number of hydrogen-bond donors (Lipinski definition) is 1. The van der Waals surface area contributed by atoms with Crippen molar-refractivity contribution in [1.82, 2.24) is 4.31 Å². The fourth-order valence-corrected chi connectivity index (χ4v) is 4.16. The lowest BCUT2D eigenvalue weighted by Gasteiger charge is -2.19. The molecule has 1 N–H and O–H groups in total. The van der Waals surface area contributed by atoms with Crippen LogP contribution in [-0.4, -0.2) is 50.6 Å². The third kappa shape index (κ3) is 3.41. The Bertz CT molecular complexity index is 549. The molecular formula is C11H15NO5S2. The van der Waals surface area contributed by atoms with Crippen LogP contribution >= 0.6 is 11.3 Å². The molecule has 0 amide bonds. The number of aliphatic hydroxyl groups excluding tert-OH is 1. The summed E-state index contributed by atoms with van der Waals surface area (Å²) in [4.78, 5) is 11.4. The highest BCUT2D eigenvalue weighted by Crippen LogP contribution is 2.25. The van der Waals surface area contributed by atoms with Crippen LogP contribution in [0.3, 0.4) is 0 Å². The van der Waals surface area contributed by atoms with E-state index in [0.717, 1.165) is 15.6 Å². The maximum Gasteiger partial charge on any atom is 0.349 e. The van der Waals surface area contributed by atoms with Crippen molar-refractivity contribution < 1.29 is 23.1 Å². The van der Waals surface area contributed by atoms with Gasteiger partial charge in [-0.05, 0) is 11.4 Å². The lowest BCUT2D eigenvalue weighted by Crippen LogP contribution is -2.34. The molecule has 0 unspecified atom stereocenters. The Kier molecular flexibility index (Phi) is 5.67. The van der Waals surface area contributed by atoms with Crippen LogP contribution in [0.4, 0.5) is 0 Å². The zero-order valence-corrected chi connectivity index (χ0v) is 12.0. The Morgan fingerprint density at radius 1 is 1.63 bits per heavy atom. The van der Waals surface area contributed by atoms with Crippen LogP contribution in [0.25, 0.3) is 0 Å². The van der Waals surface area contributed by atoms with Gasteiger partial charge in [0.15, 0.2) is 0 Å². The van der Waals surface area contributed by atoms with Gasteiger partial charge in [0.05, 0.1) is 13.7 Å². The van der Waals surface area contributed by atoms with Crippen molar-refractivity contribution in [2.45, 2.75) is 4.90 Å². The molecule has 0 aliphatic carbocycles. The number of carbonyl (C=O) groups is 1. The minimum Gasteiger partial charge on any atom is -0.465 e. The molecule has 0 aliphatic heterocycles. The quantitative estimate of drug-likeness (QED) is 0.592. The lowest BCUT2D eigenvalue weighted by molar-refractivity contribution is 0.0602. The van der Waals surface area contributed by atoms with Crippen molar-refractivity contribution in [2.75, 3.05) is 26.8 Å². The predicted molar refractivity (Wildman–Crippen MR) is 71.7 cm³/mol. The normalized spacial score (nSPS) is 11.5. The number of nitrogens with zero attached hydrogens (tertiary/aromatic N) is 1. The second-order valence-corrected chi connectivity index (χ2v) is 6.30. The van der Waals surface area contributed by atoms with Crippen molar-refractivity contribution >= 4 is 27.3 Å². The Morgan fingerprint density at radius 3 is 2.84 bits per heavy atom. The maximum absolute atomic E-state index is 12.4. The number of hydrogen-bond acceptors (Lipinski definition) is 6. The monoisotopic (exact) mass is 305 g/mol. The third-order valence-corrected chi connectivity index (χ3v) is 5.23. The largest absolute Gasteiger partial charge is 0.465 e. The molecule has 0 saturated heterocycles. The van der Waals surface area contributed by atoms with Gasteiger partial charge < -0.3 is 9.84 Å². The van der Waals surface area contributed by atoms with Crippen molar-refractivity contribution in [3.8, 4) is 0 Å². The van der Waals surface area contributed by atoms with Gasteiger partial charge in [0, 0.05) is 13.1 Å². The number of esters is 1. The van der Waals surface area contributed by atoms with Gasteiger partial charge in [0.25, 0.3) is 0 Å². The van der Waals surface area contributed by atoms with Gasteiger partial charge in [0.2, 0.25) is 10.0 Å². The molecule has 0 aromatic carbocycles. The number of carbonyl (C=O) groups excluding carboxylic acids is 1. The summed E-state index contributed by atoms with van der Waals surface area (Å²) in [6, 6.07) is 1.35. The van der Waals surface area contributed by atoms with E-state index in [0.29, 0.717) is 0 Å². The predicted octanol–water partition coefficient (Wildman–Crippen LogP) is 0.704. The van der Waals surface area contributed by atoms with Gasteiger partial charge >= 0.3 is 5.97 Å². The molecule has 8 heteroatoms. The molecule has 0 atom stereocenters. The molecule has 0 saturated carbocycles. The Labute approximate surface area is 116 Å². The molecular weight excluding hydrogens is 290 g/mol. The highest BCUT2D eigenvalue weighted by Gasteiger charge is 2.29. The zero-order valence-electron chi connectivity index (χ0n) is 10.4. The zero-order chi connectivity index (χ0) is 14.5. The van der Waals surface area contributed by atoms with Gasteiger partial charge in [-0.15, -0.1) is 17.9 Å². The first-order valence-electron chi connectivity index (χ1n) is 5.36. The van der Waals surface area contributed by atoms with Crippen LogP contribution in [0.5, 0.6) is 0 Å². The first-order valence-corrected chi connectivity index (χ1v) is 7.68. The molecule has 6 nitrogen and oxygen atoms in total. The van der Waals surface area contributed by atoms with Crippen LogP contribution in [0.1, 0.15) is 9.67 Å². The van der Waals surface area contributed by atoms with Crippen LogP contribution in [0, 0.1) is 0 Å². The standard InChI is InChI=1S/C11H15NO5S2/c1-3-5-12(6-7-13)19(15,16)9-4-8-18-10(9)11(14)17-2/h3-4,8,13H,1,5-7H2,2H3. The molecule has 106 valence electrons. The molecule has 0 fully saturated rings. The average Bonchev–Trinajstić information content (AvgIpc) is 2.87. The van der Waals surface area contributed by atoms with Crippen LogP contribution in [0.2, 0.25) is 0 Å². The lowest BCUT2D eigenvalue weighted by atomic mass is 10.5. The van der Waals surface area contributed by atoms with E-state index in [9.17, 15) is 13.2 Å². The Morgan fingerprint density at radius 2 is 2.32 bits per heavy atom. The molecule has 0 aliphatic rings. The summed E-state index contributed by atoms with van der Waals surface area (Å²) >= 11 is 0.994. The third-order valence-electron chi connectivity index (χ3n) is 2.30. The van der Waals surface area contributed by atoms with Gasteiger partial charge in [0.1, 0.15) is 9.77 Å². The number of rotatable bonds is 7. The first-order chi connectivity index (χ1) is 8.98. The molecule has 0 spiro atoms. The summed E-state index contributed by atoms with van der Waals surface area (Å²) in [6.45, 7) is 3.15. The van der Waals surface area contributed by atoms with E-state index >= 15 is 0 Å². The first kappa shape index (κ1) is 15.8. The molecule has 1 aromatic heterocycles. The highest BCUT2D eigenvalue weighted by atomic mass is 32.2. The summed E-state index contributed by atoms with van der Waals surface area (Å²) in [5.41, 5.74) is 0. The number of methoxy groups -OCH3 is 1. The summed E-state index contributed by atoms with van der Waals surface area (Å²) in [7, 11) is -2.67. The van der Waals surface area contributed by atoms with E-state index in [4.69, 9.17) is 5.11 Å². The van der Waals surface area contributed by atoms with E-state index in [1.165, 1.54) is 24.6 Å². The number of ether oxygens (including phenoxy) is 1. The molecule has 1 aromatic rings. The maximum atomic E-state index is 12.4. The van der Waals surface area contributed by atoms with Crippen molar-refractivity contribution in [3.05, 3.63) is 29.0 Å². The highest BCUT2D eigenvalue weighted by molar-refractivity contribution is 7.89. The minimum atomic E-state index is -3.86. The Balaban J connectivity index is 3.22. The van der Waals surface area contributed by atoms with E-state index in [1.807, 2.05) is 0 Å². The molecule has 0 radical (unpaired) electrons. The van der Waals surface area contributed by atoms with Crippen molar-refractivity contribution in [3.63, 3.8) is 0 Å². The van der Waals surface area contributed by atoms with E-state index in [-0.39, 0.29) is 29.5 Å². The molecule has 1 heterocycles. The molecule has 1 rings (SSSR count). The van der Waals surface area contributed by atoms with Gasteiger partial charge in [-0.25, -0.2) is 13.2 Å². The SMILES string of the molecule is C=CCN(CCO)S(=O)(=O)c1ccsc1C(=O)OC. The summed E-state index contributed by atoms with van der Waals surface area (Å²) in [5.74, 6) is -0.698. The van der Waals surface area contributed by atoms with E-state index < -0.39 is 16.0 Å². The summed E-state index contributed by atoms with van der Waals surface area (Å²) in [5, 5.41) is 10.4. The molecule has 19 heavy (non-hydrogen) atoms. The van der Waals surface area contributed by atoms with Gasteiger partial charge in [-0.2, -0.15) is 4.31 Å². The van der Waals surface area contributed by atoms with Crippen LogP contribution < -0.4 is 0 Å². The van der Waals surface area contributed by atoms with Crippen LogP contribution in [0.15, 0.2) is 29.0 Å². The van der Waals surface area contributed by atoms with Gasteiger partial charge in [-0.3, -0.25) is 0 Å². The Hall–Kier alpha value is -1.22.